The molecule has 0 spiro atoms. The number of rotatable bonds is 8. The summed E-state index contributed by atoms with van der Waals surface area (Å²) < 4.78 is 5.35. The number of phenolic OH excluding ortho intramolecular Hbond substituents is 1. The van der Waals surface area contributed by atoms with Gasteiger partial charge in [-0.2, -0.15) is 0 Å². The van der Waals surface area contributed by atoms with E-state index in [9.17, 15) is 20.3 Å². The minimum absolute atomic E-state index is 0.0649. The molecule has 7 heteroatoms. The molecule has 0 saturated carbocycles. The molecule has 0 bridgehead atoms. The number of nitrogens with zero attached hydrogens (tertiary/aromatic N) is 1. The van der Waals surface area contributed by atoms with Gasteiger partial charge in [-0.05, 0) is 30.7 Å². The third kappa shape index (κ3) is 4.94. The number of aliphatic hydroxyl groups excluding tert-OH is 1. The molecule has 0 aliphatic carbocycles. The summed E-state index contributed by atoms with van der Waals surface area (Å²) in [6.45, 7) is 2.09. The number of ether oxygens (including phenoxy) is 1. The number of para-hydroxylation sites is 2. The maximum absolute atomic E-state index is 10.9. The Balaban J connectivity index is 1.84. The molecule has 2 rings (SSSR count). The maximum atomic E-state index is 10.9. The van der Waals surface area contributed by atoms with E-state index in [1.54, 1.807) is 30.3 Å². The molecule has 0 saturated heterocycles. The number of hydrogen-bond donors (Lipinski definition) is 3. The summed E-state index contributed by atoms with van der Waals surface area (Å²) in [6.07, 6.45) is -0.829. The molecule has 0 aliphatic rings. The highest BCUT2D eigenvalue weighted by atomic mass is 16.6. The van der Waals surface area contributed by atoms with Gasteiger partial charge in [-0.15, -0.1) is 0 Å². The van der Waals surface area contributed by atoms with Crippen LogP contribution in [0, 0.1) is 10.1 Å². The van der Waals surface area contributed by atoms with Crippen molar-refractivity contribution in [2.75, 3.05) is 13.2 Å². The van der Waals surface area contributed by atoms with Crippen LogP contribution in [-0.4, -0.2) is 34.4 Å². The highest BCUT2D eigenvalue weighted by Crippen LogP contribution is 2.25. The van der Waals surface area contributed by atoms with Gasteiger partial charge in [-0.25, -0.2) is 0 Å². The summed E-state index contributed by atoms with van der Waals surface area (Å²) in [4.78, 5) is 10.4. The summed E-state index contributed by atoms with van der Waals surface area (Å²) in [5.74, 6) is 0.309. The summed E-state index contributed by atoms with van der Waals surface area (Å²) in [7, 11) is 0. The van der Waals surface area contributed by atoms with E-state index >= 15 is 0 Å². The topological polar surface area (TPSA) is 105 Å². The van der Waals surface area contributed by atoms with Crippen molar-refractivity contribution < 1.29 is 19.9 Å². The van der Waals surface area contributed by atoms with Gasteiger partial charge in [-0.1, -0.05) is 24.3 Å². The van der Waals surface area contributed by atoms with Crippen molar-refractivity contribution in [2.45, 2.75) is 19.1 Å². The molecule has 7 nitrogen and oxygen atoms in total. The smallest absolute Gasteiger partial charge is 0.310 e. The molecule has 0 amide bonds. The van der Waals surface area contributed by atoms with Crippen LogP contribution in [-0.2, 0) is 0 Å². The summed E-state index contributed by atoms with van der Waals surface area (Å²) in [5.41, 5.74) is 0.757. The minimum atomic E-state index is -0.829. The Morgan fingerprint density at radius 3 is 2.71 bits per heavy atom. The molecule has 0 aromatic heterocycles. The van der Waals surface area contributed by atoms with E-state index in [0.717, 1.165) is 5.56 Å². The Kier molecular flexibility index (Phi) is 6.11. The fraction of sp³-hybridized carbons (Fsp3) is 0.294. The second-order valence-corrected chi connectivity index (χ2v) is 5.41. The largest absolute Gasteiger partial charge is 0.508 e. The molecule has 24 heavy (non-hydrogen) atoms. The van der Waals surface area contributed by atoms with Crippen LogP contribution in [0.5, 0.6) is 11.5 Å². The highest BCUT2D eigenvalue weighted by molar-refractivity contribution is 5.45. The van der Waals surface area contributed by atoms with Crippen LogP contribution in [0.3, 0.4) is 0 Å². The molecule has 128 valence electrons. The molecular weight excluding hydrogens is 312 g/mol. The highest BCUT2D eigenvalue weighted by Gasteiger charge is 2.16. The Hall–Kier alpha value is -2.64. The second kappa shape index (κ2) is 8.28. The Morgan fingerprint density at radius 2 is 2.00 bits per heavy atom. The van der Waals surface area contributed by atoms with Crippen LogP contribution in [0.1, 0.15) is 18.5 Å². The van der Waals surface area contributed by atoms with Gasteiger partial charge in [0.15, 0.2) is 5.75 Å². The zero-order chi connectivity index (χ0) is 17.5. The second-order valence-electron chi connectivity index (χ2n) is 5.41. The molecule has 2 unspecified atom stereocenters. The normalized spacial score (nSPS) is 13.2. The molecule has 0 radical (unpaired) electrons. The maximum Gasteiger partial charge on any atom is 0.310 e. The van der Waals surface area contributed by atoms with Gasteiger partial charge in [0.1, 0.15) is 18.5 Å². The molecule has 0 fully saturated rings. The predicted molar refractivity (Wildman–Crippen MR) is 89.1 cm³/mol. The molecule has 0 heterocycles. The molecule has 3 N–H and O–H groups in total. The number of nitro benzene ring substituents is 1. The summed E-state index contributed by atoms with van der Waals surface area (Å²) in [6, 6.07) is 12.8. The Labute approximate surface area is 139 Å². The zero-order valence-corrected chi connectivity index (χ0v) is 13.3. The van der Waals surface area contributed by atoms with Crippen LogP contribution in [0.2, 0.25) is 0 Å². The molecule has 2 aromatic carbocycles. The summed E-state index contributed by atoms with van der Waals surface area (Å²) in [5, 5.41) is 33.5. The van der Waals surface area contributed by atoms with Gasteiger partial charge in [0, 0.05) is 18.7 Å². The van der Waals surface area contributed by atoms with E-state index in [1.165, 1.54) is 12.1 Å². The van der Waals surface area contributed by atoms with E-state index in [2.05, 4.69) is 5.32 Å². The number of aliphatic hydroxyl groups is 1. The van der Waals surface area contributed by atoms with Crippen LogP contribution in [0.25, 0.3) is 0 Å². The lowest BCUT2D eigenvalue weighted by molar-refractivity contribution is -0.385. The van der Waals surface area contributed by atoms with Crippen LogP contribution >= 0.6 is 0 Å². The van der Waals surface area contributed by atoms with Crippen molar-refractivity contribution in [3.8, 4) is 11.5 Å². The molecule has 0 aliphatic heterocycles. The van der Waals surface area contributed by atoms with Crippen molar-refractivity contribution in [1.82, 2.24) is 5.32 Å². The number of hydrogen-bond acceptors (Lipinski definition) is 6. The van der Waals surface area contributed by atoms with Crippen molar-refractivity contribution in [2.24, 2.45) is 0 Å². The quantitative estimate of drug-likeness (QED) is 0.506. The van der Waals surface area contributed by atoms with Gasteiger partial charge < -0.3 is 20.3 Å². The minimum Gasteiger partial charge on any atom is -0.508 e. The first-order valence-electron chi connectivity index (χ1n) is 7.54. The SMILES string of the molecule is CC(NCC(O)COc1ccccc1[N+](=O)[O-])c1cccc(O)c1. The number of benzene rings is 2. The van der Waals surface area contributed by atoms with Crippen molar-refractivity contribution in [3.05, 3.63) is 64.2 Å². The van der Waals surface area contributed by atoms with Crippen LogP contribution < -0.4 is 10.1 Å². The number of aromatic hydroxyl groups is 1. The summed E-state index contributed by atoms with van der Waals surface area (Å²) >= 11 is 0. The lowest BCUT2D eigenvalue weighted by Crippen LogP contribution is -2.33. The molecular formula is C17H20N2O5. The van der Waals surface area contributed by atoms with Gasteiger partial charge in [-0.3, -0.25) is 10.1 Å². The standard InChI is InChI=1S/C17H20N2O5/c1-12(13-5-4-6-14(20)9-13)18-10-15(21)11-24-17-8-3-2-7-16(17)19(22)23/h2-9,12,15,18,20-21H,10-11H2,1H3. The average molecular weight is 332 g/mol. The van der Waals surface area contributed by atoms with E-state index in [0.29, 0.717) is 0 Å². The first kappa shape index (κ1) is 17.7. The third-order valence-electron chi connectivity index (χ3n) is 3.52. The monoisotopic (exact) mass is 332 g/mol. The first-order valence-corrected chi connectivity index (χ1v) is 7.54. The van der Waals surface area contributed by atoms with Crippen LogP contribution in [0.15, 0.2) is 48.5 Å². The van der Waals surface area contributed by atoms with Gasteiger partial charge >= 0.3 is 5.69 Å². The van der Waals surface area contributed by atoms with Crippen molar-refractivity contribution >= 4 is 5.69 Å². The van der Waals surface area contributed by atoms with Crippen molar-refractivity contribution in [3.63, 3.8) is 0 Å². The van der Waals surface area contributed by atoms with Gasteiger partial charge in [0.2, 0.25) is 0 Å². The van der Waals surface area contributed by atoms with E-state index in [4.69, 9.17) is 4.74 Å². The van der Waals surface area contributed by atoms with Gasteiger partial charge in [0.05, 0.1) is 4.92 Å². The lowest BCUT2D eigenvalue weighted by Gasteiger charge is -2.18. The Bertz CT molecular complexity index is 692. The van der Waals surface area contributed by atoms with E-state index in [-0.39, 0.29) is 36.4 Å². The Morgan fingerprint density at radius 1 is 1.25 bits per heavy atom. The van der Waals surface area contributed by atoms with Gasteiger partial charge in [0.25, 0.3) is 0 Å². The number of phenols is 1. The number of nitrogens with one attached hydrogen (secondary N) is 1. The average Bonchev–Trinajstić information content (AvgIpc) is 2.58. The zero-order valence-electron chi connectivity index (χ0n) is 13.3. The first-order chi connectivity index (χ1) is 11.5. The van der Waals surface area contributed by atoms with Crippen LogP contribution in [0.4, 0.5) is 5.69 Å². The molecule has 2 aromatic rings. The van der Waals surface area contributed by atoms with Crippen molar-refractivity contribution in [1.29, 1.82) is 0 Å². The fourth-order valence-electron chi connectivity index (χ4n) is 2.20. The molecule has 2 atom stereocenters. The lowest BCUT2D eigenvalue weighted by atomic mass is 10.1. The predicted octanol–water partition coefficient (Wildman–Crippen LogP) is 2.39. The number of nitro groups is 1. The van der Waals surface area contributed by atoms with E-state index in [1.807, 2.05) is 13.0 Å². The third-order valence-corrected chi connectivity index (χ3v) is 3.52. The fourth-order valence-corrected chi connectivity index (χ4v) is 2.20. The van der Waals surface area contributed by atoms with E-state index < -0.39 is 11.0 Å².